The first-order chi connectivity index (χ1) is 8.36. The van der Waals surface area contributed by atoms with Gasteiger partial charge in [0.25, 0.3) is 10.2 Å². The monoisotopic (exact) mass is 342 g/mol. The maximum absolute atomic E-state index is 11.9. The Morgan fingerprint density at radius 3 is 2.56 bits per heavy atom. The zero-order valence-corrected chi connectivity index (χ0v) is 13.0. The first-order valence-electron chi connectivity index (χ1n) is 5.83. The zero-order valence-electron chi connectivity index (χ0n) is 10.6. The summed E-state index contributed by atoms with van der Waals surface area (Å²) >= 11 is 3.07. The lowest BCUT2D eigenvalue weighted by molar-refractivity contribution is -0.139. The van der Waals surface area contributed by atoms with Crippen molar-refractivity contribution in [1.29, 1.82) is 0 Å². The molecule has 0 aromatic carbocycles. The molecule has 0 spiro atoms. The number of esters is 1. The van der Waals surface area contributed by atoms with Gasteiger partial charge in [0.2, 0.25) is 0 Å². The summed E-state index contributed by atoms with van der Waals surface area (Å²) in [6, 6.07) is 0. The molecule has 1 aliphatic rings. The van der Waals surface area contributed by atoms with E-state index < -0.39 is 21.0 Å². The van der Waals surface area contributed by atoms with E-state index in [-0.39, 0.29) is 6.54 Å². The number of rotatable bonds is 5. The Kier molecular flexibility index (Phi) is 6.03. The topological polar surface area (TPSA) is 75.7 Å². The van der Waals surface area contributed by atoms with Gasteiger partial charge < -0.3 is 4.74 Å². The van der Waals surface area contributed by atoms with Gasteiger partial charge >= 0.3 is 5.97 Å². The van der Waals surface area contributed by atoms with Crippen LogP contribution in [0.15, 0.2) is 0 Å². The minimum absolute atomic E-state index is 0.0128. The highest BCUT2D eigenvalue weighted by Gasteiger charge is 2.27. The van der Waals surface area contributed by atoms with Crippen molar-refractivity contribution in [3.8, 4) is 0 Å². The first kappa shape index (κ1) is 15.9. The molecule has 1 saturated heterocycles. The van der Waals surface area contributed by atoms with Crippen molar-refractivity contribution in [3.05, 3.63) is 0 Å². The zero-order chi connectivity index (χ0) is 13.8. The molecular weight excluding hydrogens is 324 g/mol. The summed E-state index contributed by atoms with van der Waals surface area (Å²) in [5.41, 5.74) is 0. The molecule has 0 bridgehead atoms. The van der Waals surface area contributed by atoms with Crippen LogP contribution < -0.4 is 4.72 Å². The molecule has 0 saturated carbocycles. The Hall–Kier alpha value is -0.180. The minimum Gasteiger partial charge on any atom is -0.468 e. The fourth-order valence-corrected chi connectivity index (χ4v) is 3.52. The fraction of sp³-hybridized carbons (Fsp3) is 0.900. The lowest BCUT2D eigenvalue weighted by atomic mass is 10.0. The largest absolute Gasteiger partial charge is 0.468 e. The van der Waals surface area contributed by atoms with E-state index in [0.717, 1.165) is 12.8 Å². The second-order valence-electron chi connectivity index (χ2n) is 4.43. The molecule has 0 aliphatic carbocycles. The highest BCUT2D eigenvalue weighted by Crippen LogP contribution is 2.18. The SMILES string of the molecule is COC(=O)C(Br)CNS(=O)(=O)N1CCC(C)CC1. The molecule has 0 radical (unpaired) electrons. The van der Waals surface area contributed by atoms with Crippen LogP contribution >= 0.6 is 15.9 Å². The highest BCUT2D eigenvalue weighted by atomic mass is 79.9. The Morgan fingerprint density at radius 2 is 2.06 bits per heavy atom. The van der Waals surface area contributed by atoms with Crippen LogP contribution in [0.5, 0.6) is 0 Å². The molecule has 18 heavy (non-hydrogen) atoms. The van der Waals surface area contributed by atoms with Crippen molar-refractivity contribution < 1.29 is 17.9 Å². The number of carbonyl (C=O) groups excluding carboxylic acids is 1. The molecule has 0 aromatic heterocycles. The van der Waals surface area contributed by atoms with Gasteiger partial charge in [-0.25, -0.2) is 4.72 Å². The number of ether oxygens (including phenoxy) is 1. The molecule has 1 heterocycles. The van der Waals surface area contributed by atoms with Crippen molar-refractivity contribution in [2.75, 3.05) is 26.7 Å². The summed E-state index contributed by atoms with van der Waals surface area (Å²) in [4.78, 5) is 10.5. The van der Waals surface area contributed by atoms with Crippen LogP contribution in [0.2, 0.25) is 0 Å². The molecule has 1 unspecified atom stereocenters. The van der Waals surface area contributed by atoms with Gasteiger partial charge in [-0.15, -0.1) is 0 Å². The number of nitrogens with zero attached hydrogens (tertiary/aromatic N) is 1. The number of methoxy groups -OCH3 is 1. The summed E-state index contributed by atoms with van der Waals surface area (Å²) < 4.78 is 32.2. The number of carbonyl (C=O) groups is 1. The number of piperidine rings is 1. The predicted octanol–water partition coefficient (Wildman–Crippen LogP) is 0.489. The van der Waals surface area contributed by atoms with E-state index in [1.807, 2.05) is 0 Å². The summed E-state index contributed by atoms with van der Waals surface area (Å²) in [6.45, 7) is 3.16. The number of hydrogen-bond acceptors (Lipinski definition) is 4. The van der Waals surface area contributed by atoms with Crippen molar-refractivity contribution >= 4 is 32.1 Å². The number of halogens is 1. The second kappa shape index (κ2) is 6.83. The van der Waals surface area contributed by atoms with Gasteiger partial charge in [0, 0.05) is 19.6 Å². The Morgan fingerprint density at radius 1 is 1.50 bits per heavy atom. The maximum atomic E-state index is 11.9. The number of hydrogen-bond donors (Lipinski definition) is 1. The van der Waals surface area contributed by atoms with Crippen LogP contribution in [0.3, 0.4) is 0 Å². The average molecular weight is 343 g/mol. The molecule has 1 N–H and O–H groups in total. The Balaban J connectivity index is 2.47. The molecule has 0 amide bonds. The van der Waals surface area contributed by atoms with E-state index in [1.54, 1.807) is 0 Å². The molecule has 0 aromatic rings. The summed E-state index contributed by atoms with van der Waals surface area (Å²) in [6.07, 6.45) is 1.74. The molecule has 1 fully saturated rings. The summed E-state index contributed by atoms with van der Waals surface area (Å²) in [5.74, 6) is 0.0698. The van der Waals surface area contributed by atoms with Crippen LogP contribution in [0.25, 0.3) is 0 Å². The smallest absolute Gasteiger partial charge is 0.320 e. The van der Waals surface area contributed by atoms with Crippen LogP contribution in [0.4, 0.5) is 0 Å². The third kappa shape index (κ3) is 4.49. The minimum atomic E-state index is -3.50. The van der Waals surface area contributed by atoms with Crippen molar-refractivity contribution in [1.82, 2.24) is 9.03 Å². The van der Waals surface area contributed by atoms with Crippen LogP contribution in [-0.4, -0.2) is 50.3 Å². The van der Waals surface area contributed by atoms with Crippen molar-refractivity contribution in [2.24, 2.45) is 5.92 Å². The van der Waals surface area contributed by atoms with Gasteiger partial charge in [-0.3, -0.25) is 4.79 Å². The average Bonchev–Trinajstić information content (AvgIpc) is 2.35. The van der Waals surface area contributed by atoms with Crippen molar-refractivity contribution in [3.63, 3.8) is 0 Å². The molecule has 1 atom stereocenters. The van der Waals surface area contributed by atoms with E-state index >= 15 is 0 Å². The predicted molar refractivity (Wildman–Crippen MR) is 71.6 cm³/mol. The van der Waals surface area contributed by atoms with E-state index in [2.05, 4.69) is 32.3 Å². The van der Waals surface area contributed by atoms with E-state index in [1.165, 1.54) is 11.4 Å². The third-order valence-electron chi connectivity index (χ3n) is 2.98. The molecule has 1 rings (SSSR count). The van der Waals surface area contributed by atoms with Gasteiger partial charge in [0.05, 0.1) is 7.11 Å². The summed E-state index contributed by atoms with van der Waals surface area (Å²) in [7, 11) is -2.24. The maximum Gasteiger partial charge on any atom is 0.320 e. The molecule has 6 nitrogen and oxygen atoms in total. The highest BCUT2D eigenvalue weighted by molar-refractivity contribution is 9.10. The van der Waals surface area contributed by atoms with E-state index in [0.29, 0.717) is 19.0 Å². The van der Waals surface area contributed by atoms with Gasteiger partial charge in [0.15, 0.2) is 0 Å². The normalized spacial score (nSPS) is 20.6. The van der Waals surface area contributed by atoms with Crippen molar-refractivity contribution in [2.45, 2.75) is 24.6 Å². The van der Waals surface area contributed by atoms with Gasteiger partial charge in [-0.1, -0.05) is 22.9 Å². The Labute approximate surface area is 116 Å². The first-order valence-corrected chi connectivity index (χ1v) is 8.19. The lowest BCUT2D eigenvalue weighted by Gasteiger charge is -2.29. The third-order valence-corrected chi connectivity index (χ3v) is 5.26. The van der Waals surface area contributed by atoms with Crippen LogP contribution in [0, 0.1) is 5.92 Å². The Bertz CT molecular complexity index is 379. The number of nitrogens with one attached hydrogen (secondary N) is 1. The van der Waals surface area contributed by atoms with E-state index in [4.69, 9.17) is 0 Å². The molecule has 106 valence electrons. The fourth-order valence-electron chi connectivity index (χ4n) is 1.71. The van der Waals surface area contributed by atoms with Gasteiger partial charge in [0.1, 0.15) is 4.83 Å². The van der Waals surface area contributed by atoms with Crippen LogP contribution in [-0.2, 0) is 19.7 Å². The molecule has 8 heteroatoms. The summed E-state index contributed by atoms with van der Waals surface area (Å²) in [5, 5.41) is 0. The molecular formula is C10H19BrN2O4S. The molecule has 1 aliphatic heterocycles. The van der Waals surface area contributed by atoms with Crippen LogP contribution in [0.1, 0.15) is 19.8 Å². The van der Waals surface area contributed by atoms with E-state index in [9.17, 15) is 13.2 Å². The lowest BCUT2D eigenvalue weighted by Crippen LogP contribution is -2.46. The second-order valence-corrected chi connectivity index (χ2v) is 7.29. The van der Waals surface area contributed by atoms with Gasteiger partial charge in [-0.05, 0) is 18.8 Å². The van der Waals surface area contributed by atoms with Gasteiger partial charge in [-0.2, -0.15) is 12.7 Å². The number of alkyl halides is 1. The quantitative estimate of drug-likeness (QED) is 0.582. The standard InChI is InChI=1S/C10H19BrN2O4S/c1-8-3-5-13(6-4-8)18(15,16)12-7-9(11)10(14)17-2/h8-9,12H,3-7H2,1-2H3.